The molecule has 0 aliphatic carbocycles. The van der Waals surface area contributed by atoms with Crippen LogP contribution in [0, 0.1) is 40.5 Å². The first-order valence-corrected chi connectivity index (χ1v) is 14.5. The van der Waals surface area contributed by atoms with Crippen molar-refractivity contribution in [2.75, 3.05) is 18.4 Å². The van der Waals surface area contributed by atoms with Crippen LogP contribution in [0.3, 0.4) is 0 Å². The van der Waals surface area contributed by atoms with Crippen LogP contribution in [-0.2, 0) is 14.8 Å². The van der Waals surface area contributed by atoms with Crippen molar-refractivity contribution in [3.8, 4) is 0 Å². The van der Waals surface area contributed by atoms with E-state index in [1.54, 1.807) is 13.0 Å². The van der Waals surface area contributed by atoms with Gasteiger partial charge in [0.15, 0.2) is 10.7 Å². The Kier molecular flexibility index (Phi) is 8.06. The Hall–Kier alpha value is -2.75. The topological polar surface area (TPSA) is 92.5 Å². The smallest absolute Gasteiger partial charge is 0.248 e. The lowest BCUT2D eigenvalue weighted by Gasteiger charge is -2.30. The fourth-order valence-electron chi connectivity index (χ4n) is 4.87. The van der Waals surface area contributed by atoms with Crippen molar-refractivity contribution in [1.29, 1.82) is 0 Å². The number of nitrogens with zero attached hydrogens (tertiary/aromatic N) is 2. The molecule has 1 saturated heterocycles. The first-order valence-electron chi connectivity index (χ1n) is 12.3. The fourth-order valence-corrected chi connectivity index (χ4v) is 6.83. The molecule has 37 heavy (non-hydrogen) atoms. The van der Waals surface area contributed by atoms with E-state index in [0.29, 0.717) is 18.5 Å². The summed E-state index contributed by atoms with van der Waals surface area (Å²) in [5.74, 6) is -0.138. The lowest BCUT2D eigenvalue weighted by molar-refractivity contribution is -0.120. The van der Waals surface area contributed by atoms with Gasteiger partial charge in [-0.25, -0.2) is 8.42 Å². The zero-order valence-electron chi connectivity index (χ0n) is 21.8. The number of piperidine rings is 1. The Labute approximate surface area is 227 Å². The van der Waals surface area contributed by atoms with Crippen LogP contribution in [0.4, 0.5) is 5.69 Å². The maximum atomic E-state index is 13.6. The van der Waals surface area contributed by atoms with Gasteiger partial charge in [0.2, 0.25) is 15.9 Å². The molecule has 1 fully saturated rings. The SMILES string of the molecule is Cc1cc(C)c(C=Cc2onc(C)c2S(=O)(=O)N2CCC(C(=O)Nc3ccc(Br)c(C)c3)CC2)c(C)c1. The third-order valence-corrected chi connectivity index (χ3v) is 9.77. The highest BCUT2D eigenvalue weighted by molar-refractivity contribution is 9.10. The quantitative estimate of drug-likeness (QED) is 0.372. The Balaban J connectivity index is 1.48. The van der Waals surface area contributed by atoms with Crippen LogP contribution in [-0.4, -0.2) is 36.9 Å². The number of anilines is 1. The van der Waals surface area contributed by atoms with Crippen molar-refractivity contribution in [3.63, 3.8) is 0 Å². The largest absolute Gasteiger partial charge is 0.355 e. The molecule has 1 N–H and O–H groups in total. The van der Waals surface area contributed by atoms with Crippen LogP contribution in [0.1, 0.15) is 52.1 Å². The molecule has 2 heterocycles. The van der Waals surface area contributed by atoms with Crippen molar-refractivity contribution < 1.29 is 17.7 Å². The van der Waals surface area contributed by atoms with Crippen LogP contribution < -0.4 is 5.32 Å². The van der Waals surface area contributed by atoms with E-state index in [0.717, 1.165) is 32.4 Å². The van der Waals surface area contributed by atoms with Crippen LogP contribution in [0.2, 0.25) is 0 Å². The molecule has 7 nitrogen and oxygen atoms in total. The third kappa shape index (κ3) is 5.89. The molecule has 3 aromatic rings. The van der Waals surface area contributed by atoms with Gasteiger partial charge in [-0.15, -0.1) is 0 Å². The summed E-state index contributed by atoms with van der Waals surface area (Å²) in [7, 11) is -3.84. The van der Waals surface area contributed by atoms with E-state index in [-0.39, 0.29) is 35.6 Å². The molecule has 1 aliphatic rings. The van der Waals surface area contributed by atoms with Crippen molar-refractivity contribution in [2.24, 2.45) is 5.92 Å². The van der Waals surface area contributed by atoms with Gasteiger partial charge in [-0.1, -0.05) is 44.9 Å². The first-order chi connectivity index (χ1) is 17.5. The summed E-state index contributed by atoms with van der Waals surface area (Å²) in [6.07, 6.45) is 4.44. The van der Waals surface area contributed by atoms with Crippen molar-refractivity contribution in [3.05, 3.63) is 74.1 Å². The Morgan fingerprint density at radius 2 is 1.68 bits per heavy atom. The Morgan fingerprint density at radius 1 is 1.03 bits per heavy atom. The number of benzene rings is 2. The van der Waals surface area contributed by atoms with Crippen molar-refractivity contribution in [1.82, 2.24) is 9.46 Å². The lowest BCUT2D eigenvalue weighted by Crippen LogP contribution is -2.41. The minimum atomic E-state index is -3.84. The van der Waals surface area contributed by atoms with Crippen LogP contribution in [0.25, 0.3) is 12.2 Å². The molecule has 9 heteroatoms. The van der Waals surface area contributed by atoms with E-state index < -0.39 is 10.0 Å². The van der Waals surface area contributed by atoms with E-state index >= 15 is 0 Å². The van der Waals surface area contributed by atoms with Gasteiger partial charge in [-0.2, -0.15) is 4.31 Å². The number of amides is 1. The number of carbonyl (C=O) groups excluding carboxylic acids is 1. The van der Waals surface area contributed by atoms with E-state index in [1.807, 2.05) is 52.0 Å². The molecule has 1 amide bonds. The number of hydrogen-bond acceptors (Lipinski definition) is 5. The summed E-state index contributed by atoms with van der Waals surface area (Å²) in [6, 6.07) is 9.83. The Bertz CT molecular complexity index is 1450. The molecular formula is C28H32BrN3O4S. The Morgan fingerprint density at radius 3 is 2.30 bits per heavy atom. The number of nitrogens with one attached hydrogen (secondary N) is 1. The van der Waals surface area contributed by atoms with Gasteiger partial charge in [0, 0.05) is 29.2 Å². The fraction of sp³-hybridized carbons (Fsp3) is 0.357. The molecule has 1 aromatic heterocycles. The average molecular weight is 587 g/mol. The number of carbonyl (C=O) groups is 1. The minimum Gasteiger partial charge on any atom is -0.355 e. The normalized spacial score (nSPS) is 15.4. The van der Waals surface area contributed by atoms with Crippen LogP contribution >= 0.6 is 15.9 Å². The van der Waals surface area contributed by atoms with E-state index in [1.165, 1.54) is 9.87 Å². The molecule has 0 saturated carbocycles. The van der Waals surface area contributed by atoms with Crippen molar-refractivity contribution >= 4 is 49.7 Å². The van der Waals surface area contributed by atoms with Crippen LogP contribution in [0.15, 0.2) is 44.2 Å². The molecule has 1 aliphatic heterocycles. The van der Waals surface area contributed by atoms with E-state index in [9.17, 15) is 13.2 Å². The predicted octanol–water partition coefficient (Wildman–Crippen LogP) is 6.19. The maximum Gasteiger partial charge on any atom is 0.248 e. The second-order valence-electron chi connectivity index (χ2n) is 9.74. The van der Waals surface area contributed by atoms with Gasteiger partial charge < -0.3 is 9.84 Å². The predicted molar refractivity (Wildman–Crippen MR) is 150 cm³/mol. The molecule has 0 atom stereocenters. The summed E-state index contributed by atoms with van der Waals surface area (Å²) < 4.78 is 35.0. The summed E-state index contributed by atoms with van der Waals surface area (Å²) in [4.78, 5) is 12.9. The zero-order chi connectivity index (χ0) is 26.9. The first kappa shape index (κ1) is 27.3. The van der Waals surface area contributed by atoms with Crippen molar-refractivity contribution in [2.45, 2.75) is 52.4 Å². The minimum absolute atomic E-state index is 0.0828. The van der Waals surface area contributed by atoms with E-state index in [2.05, 4.69) is 38.5 Å². The zero-order valence-corrected chi connectivity index (χ0v) is 24.2. The summed E-state index contributed by atoms with van der Waals surface area (Å²) in [5.41, 5.74) is 6.49. The standard InChI is InChI=1S/C28H32BrN3O4S/c1-17-14-18(2)24(19(3)15-17)7-9-26-27(21(5)31-36-26)37(34,35)32-12-10-22(11-13-32)28(33)30-23-6-8-25(29)20(4)16-23/h6-9,14-16,22H,10-13H2,1-5H3,(H,30,33). The number of sulfonamides is 1. The molecular weight excluding hydrogens is 554 g/mol. The molecule has 0 bridgehead atoms. The third-order valence-electron chi connectivity index (χ3n) is 6.82. The van der Waals surface area contributed by atoms with Gasteiger partial charge in [0.1, 0.15) is 5.69 Å². The van der Waals surface area contributed by atoms with Gasteiger partial charge in [-0.3, -0.25) is 4.79 Å². The molecule has 196 valence electrons. The molecule has 4 rings (SSSR count). The number of aryl methyl sites for hydroxylation is 5. The molecule has 0 unspecified atom stereocenters. The van der Waals surface area contributed by atoms with Gasteiger partial charge in [-0.05, 0) is 94.0 Å². The summed E-state index contributed by atoms with van der Waals surface area (Å²) >= 11 is 3.46. The highest BCUT2D eigenvalue weighted by Crippen LogP contribution is 2.30. The van der Waals surface area contributed by atoms with E-state index in [4.69, 9.17) is 4.52 Å². The van der Waals surface area contributed by atoms with Crippen LogP contribution in [0.5, 0.6) is 0 Å². The highest BCUT2D eigenvalue weighted by atomic mass is 79.9. The van der Waals surface area contributed by atoms with Gasteiger partial charge in [0.25, 0.3) is 0 Å². The number of hydrogen-bond donors (Lipinski definition) is 1. The second kappa shape index (κ2) is 10.9. The summed E-state index contributed by atoms with van der Waals surface area (Å²) in [5, 5.41) is 6.91. The molecule has 2 aromatic carbocycles. The molecule has 0 radical (unpaired) electrons. The highest BCUT2D eigenvalue weighted by Gasteiger charge is 2.36. The monoisotopic (exact) mass is 585 g/mol. The van der Waals surface area contributed by atoms with Gasteiger partial charge >= 0.3 is 0 Å². The number of halogens is 1. The second-order valence-corrected chi connectivity index (χ2v) is 12.5. The number of rotatable bonds is 6. The number of aromatic nitrogens is 1. The lowest BCUT2D eigenvalue weighted by atomic mass is 9.97. The average Bonchev–Trinajstić information content (AvgIpc) is 3.22. The van der Waals surface area contributed by atoms with Gasteiger partial charge in [0.05, 0.1) is 0 Å². The summed E-state index contributed by atoms with van der Waals surface area (Å²) in [6.45, 7) is 10.2. The molecule has 0 spiro atoms. The maximum absolute atomic E-state index is 13.6.